The fraction of sp³-hybridized carbons (Fsp3) is 0.200. The van der Waals surface area contributed by atoms with Gasteiger partial charge in [0.2, 0.25) is 0 Å². The third-order valence-corrected chi connectivity index (χ3v) is 4.15. The average Bonchev–Trinajstić information content (AvgIpc) is 2.37. The van der Waals surface area contributed by atoms with E-state index in [9.17, 15) is 5.11 Å². The quantitative estimate of drug-likeness (QED) is 0.780. The Bertz CT molecular complexity index is 534. The van der Waals surface area contributed by atoms with E-state index in [1.165, 1.54) is 5.56 Å². The Morgan fingerprint density at radius 2 is 1.63 bits per heavy atom. The molecule has 0 fully saturated rings. The fourth-order valence-corrected chi connectivity index (χ4v) is 3.15. The average molecular weight is 385 g/mol. The van der Waals surface area contributed by atoms with Crippen molar-refractivity contribution in [3.05, 3.63) is 57.0 Å². The third-order valence-electron chi connectivity index (χ3n) is 2.83. The van der Waals surface area contributed by atoms with Crippen molar-refractivity contribution in [2.75, 3.05) is 5.32 Å². The molecule has 0 saturated carbocycles. The second-order valence-electron chi connectivity index (χ2n) is 4.51. The second kappa shape index (κ2) is 6.44. The molecule has 4 heteroatoms. The molecule has 2 nitrogen and oxygen atoms in total. The molecule has 100 valence electrons. The second-order valence-corrected chi connectivity index (χ2v) is 6.22. The maximum absolute atomic E-state index is 9.27. The zero-order chi connectivity index (χ0) is 13.8. The SMILES string of the molecule is CC(Cc1ccc(O)cc1)Nc1c(Br)cccc1Br. The van der Waals surface area contributed by atoms with Crippen LogP contribution >= 0.6 is 31.9 Å². The van der Waals surface area contributed by atoms with Gasteiger partial charge in [0, 0.05) is 15.0 Å². The lowest BCUT2D eigenvalue weighted by Crippen LogP contribution is -2.18. The first kappa shape index (κ1) is 14.4. The van der Waals surface area contributed by atoms with Crippen molar-refractivity contribution in [1.82, 2.24) is 0 Å². The number of nitrogens with one attached hydrogen (secondary N) is 1. The number of aromatic hydroxyl groups is 1. The van der Waals surface area contributed by atoms with Gasteiger partial charge in [0.25, 0.3) is 0 Å². The summed E-state index contributed by atoms with van der Waals surface area (Å²) in [6.07, 6.45) is 0.897. The number of hydrogen-bond donors (Lipinski definition) is 2. The van der Waals surface area contributed by atoms with E-state index in [-0.39, 0.29) is 0 Å². The van der Waals surface area contributed by atoms with Crippen molar-refractivity contribution in [3.63, 3.8) is 0 Å². The van der Waals surface area contributed by atoms with Crippen LogP contribution in [0.15, 0.2) is 51.4 Å². The molecule has 0 heterocycles. The van der Waals surface area contributed by atoms with E-state index < -0.39 is 0 Å². The van der Waals surface area contributed by atoms with Crippen molar-refractivity contribution in [1.29, 1.82) is 0 Å². The lowest BCUT2D eigenvalue weighted by Gasteiger charge is -2.18. The fourth-order valence-electron chi connectivity index (χ4n) is 1.92. The number of phenols is 1. The summed E-state index contributed by atoms with van der Waals surface area (Å²) in [4.78, 5) is 0. The van der Waals surface area contributed by atoms with Gasteiger partial charge < -0.3 is 10.4 Å². The Morgan fingerprint density at radius 1 is 1.05 bits per heavy atom. The third kappa shape index (κ3) is 3.98. The van der Waals surface area contributed by atoms with Crippen LogP contribution in [0, 0.1) is 0 Å². The van der Waals surface area contributed by atoms with Crippen LogP contribution in [-0.4, -0.2) is 11.1 Å². The van der Waals surface area contributed by atoms with E-state index in [1.807, 2.05) is 30.3 Å². The van der Waals surface area contributed by atoms with Crippen LogP contribution < -0.4 is 5.32 Å². The van der Waals surface area contributed by atoms with E-state index in [2.05, 4.69) is 44.1 Å². The largest absolute Gasteiger partial charge is 0.508 e. The molecule has 1 unspecified atom stereocenters. The van der Waals surface area contributed by atoms with Gasteiger partial charge in [-0.2, -0.15) is 0 Å². The molecule has 0 radical (unpaired) electrons. The molecule has 0 aliphatic carbocycles. The highest BCUT2D eigenvalue weighted by molar-refractivity contribution is 9.11. The molecule has 0 bridgehead atoms. The molecular formula is C15H15Br2NO. The van der Waals surface area contributed by atoms with Crippen LogP contribution in [0.25, 0.3) is 0 Å². The number of halogens is 2. The molecule has 2 rings (SSSR count). The van der Waals surface area contributed by atoms with Crippen LogP contribution in [0.2, 0.25) is 0 Å². The van der Waals surface area contributed by atoms with Gasteiger partial charge in [0.1, 0.15) is 5.75 Å². The number of hydrogen-bond acceptors (Lipinski definition) is 2. The Hall–Kier alpha value is -1.000. The topological polar surface area (TPSA) is 32.3 Å². The van der Waals surface area contributed by atoms with Gasteiger partial charge in [-0.1, -0.05) is 18.2 Å². The van der Waals surface area contributed by atoms with Crippen LogP contribution in [0.5, 0.6) is 5.75 Å². The molecule has 0 aliphatic heterocycles. The summed E-state index contributed by atoms with van der Waals surface area (Å²) in [5.41, 5.74) is 2.26. The van der Waals surface area contributed by atoms with E-state index in [0.29, 0.717) is 11.8 Å². The highest BCUT2D eigenvalue weighted by Gasteiger charge is 2.09. The summed E-state index contributed by atoms with van der Waals surface area (Å²) in [6, 6.07) is 13.6. The number of phenolic OH excluding ortho intramolecular Hbond substituents is 1. The molecule has 2 aromatic rings. The van der Waals surface area contributed by atoms with Crippen LogP contribution in [0.4, 0.5) is 5.69 Å². The van der Waals surface area contributed by atoms with Gasteiger partial charge in [-0.25, -0.2) is 0 Å². The summed E-state index contributed by atoms with van der Waals surface area (Å²) in [5, 5.41) is 12.8. The summed E-state index contributed by atoms with van der Waals surface area (Å²) < 4.78 is 2.08. The van der Waals surface area contributed by atoms with Crippen molar-refractivity contribution in [2.24, 2.45) is 0 Å². The molecule has 0 saturated heterocycles. The zero-order valence-corrected chi connectivity index (χ0v) is 13.7. The van der Waals surface area contributed by atoms with Gasteiger partial charge in [-0.15, -0.1) is 0 Å². The Kier molecular flexibility index (Phi) is 4.88. The van der Waals surface area contributed by atoms with E-state index in [4.69, 9.17) is 0 Å². The maximum Gasteiger partial charge on any atom is 0.115 e. The minimum atomic E-state index is 0.291. The maximum atomic E-state index is 9.27. The van der Waals surface area contributed by atoms with Gasteiger partial charge in [0.15, 0.2) is 0 Å². The Labute approximate surface area is 130 Å². The smallest absolute Gasteiger partial charge is 0.115 e. The highest BCUT2D eigenvalue weighted by Crippen LogP contribution is 2.31. The molecule has 2 N–H and O–H groups in total. The highest BCUT2D eigenvalue weighted by atomic mass is 79.9. The number of benzene rings is 2. The van der Waals surface area contributed by atoms with Gasteiger partial charge in [-0.3, -0.25) is 0 Å². The zero-order valence-electron chi connectivity index (χ0n) is 10.5. The van der Waals surface area contributed by atoms with Gasteiger partial charge >= 0.3 is 0 Å². The van der Waals surface area contributed by atoms with Crippen molar-refractivity contribution in [2.45, 2.75) is 19.4 Å². The number of anilines is 1. The predicted molar refractivity (Wildman–Crippen MR) is 86.7 cm³/mol. The minimum Gasteiger partial charge on any atom is -0.508 e. The van der Waals surface area contributed by atoms with Gasteiger partial charge in [-0.05, 0) is 75.0 Å². The molecule has 19 heavy (non-hydrogen) atoms. The molecule has 2 aromatic carbocycles. The van der Waals surface area contributed by atoms with E-state index in [1.54, 1.807) is 12.1 Å². The minimum absolute atomic E-state index is 0.291. The van der Waals surface area contributed by atoms with Crippen molar-refractivity contribution >= 4 is 37.5 Å². The molecule has 0 spiro atoms. The van der Waals surface area contributed by atoms with Crippen molar-refractivity contribution in [3.8, 4) is 5.75 Å². The first-order valence-corrected chi connectivity index (χ1v) is 7.63. The summed E-state index contributed by atoms with van der Waals surface area (Å²) in [5.74, 6) is 0.304. The Morgan fingerprint density at radius 3 is 2.21 bits per heavy atom. The molecule has 0 aromatic heterocycles. The normalized spacial score (nSPS) is 12.2. The first-order valence-electron chi connectivity index (χ1n) is 6.04. The molecule has 0 amide bonds. The summed E-state index contributed by atoms with van der Waals surface area (Å²) in [6.45, 7) is 2.14. The van der Waals surface area contributed by atoms with Crippen LogP contribution in [0.1, 0.15) is 12.5 Å². The molecule has 0 aliphatic rings. The van der Waals surface area contributed by atoms with Crippen LogP contribution in [0.3, 0.4) is 0 Å². The van der Waals surface area contributed by atoms with E-state index >= 15 is 0 Å². The summed E-state index contributed by atoms with van der Waals surface area (Å²) >= 11 is 7.09. The summed E-state index contributed by atoms with van der Waals surface area (Å²) in [7, 11) is 0. The predicted octanol–water partition coefficient (Wildman–Crippen LogP) is 4.96. The number of rotatable bonds is 4. The molecular weight excluding hydrogens is 370 g/mol. The van der Waals surface area contributed by atoms with Gasteiger partial charge in [0.05, 0.1) is 5.69 Å². The monoisotopic (exact) mass is 383 g/mol. The lowest BCUT2D eigenvalue weighted by atomic mass is 10.1. The van der Waals surface area contributed by atoms with Crippen molar-refractivity contribution < 1.29 is 5.11 Å². The first-order chi connectivity index (χ1) is 9.06. The molecule has 1 atom stereocenters. The van der Waals surface area contributed by atoms with E-state index in [0.717, 1.165) is 21.1 Å². The number of para-hydroxylation sites is 1. The standard InChI is InChI=1S/C15H15Br2NO/c1-10(9-11-5-7-12(19)8-6-11)18-15-13(16)3-2-4-14(15)17/h2-8,10,18-19H,9H2,1H3. The van der Waals surface area contributed by atoms with Crippen LogP contribution in [-0.2, 0) is 6.42 Å². The Balaban J connectivity index is 2.05. The lowest BCUT2D eigenvalue weighted by molar-refractivity contribution is 0.475.